The van der Waals surface area contributed by atoms with E-state index in [-0.39, 0.29) is 17.0 Å². The minimum absolute atomic E-state index is 0.0369. The van der Waals surface area contributed by atoms with Gasteiger partial charge in [0.2, 0.25) is 5.91 Å². The van der Waals surface area contributed by atoms with E-state index in [9.17, 15) is 9.18 Å². The maximum absolute atomic E-state index is 13.1. The van der Waals surface area contributed by atoms with Gasteiger partial charge < -0.3 is 0 Å². The van der Waals surface area contributed by atoms with E-state index in [0.29, 0.717) is 11.7 Å². The maximum atomic E-state index is 13.1. The van der Waals surface area contributed by atoms with Crippen molar-refractivity contribution < 1.29 is 9.18 Å². The van der Waals surface area contributed by atoms with Gasteiger partial charge in [0.05, 0.1) is 18.0 Å². The SMILES string of the molecule is CCCC1SC(=NN=Cc2ccccc2)N(Cc2ccc(F)cc2)C1=O. The summed E-state index contributed by atoms with van der Waals surface area (Å²) in [6, 6.07) is 15.8. The Morgan fingerprint density at radius 2 is 1.88 bits per heavy atom. The molecule has 2 aromatic rings. The molecule has 0 spiro atoms. The summed E-state index contributed by atoms with van der Waals surface area (Å²) in [7, 11) is 0. The van der Waals surface area contributed by atoms with Gasteiger partial charge >= 0.3 is 0 Å². The first-order valence-corrected chi connectivity index (χ1v) is 9.44. The second kappa shape index (κ2) is 8.76. The van der Waals surface area contributed by atoms with E-state index < -0.39 is 0 Å². The number of carbonyl (C=O) groups excluding carboxylic acids is 1. The molecule has 1 unspecified atom stereocenters. The van der Waals surface area contributed by atoms with Crippen LogP contribution in [-0.2, 0) is 11.3 Å². The third-order valence-electron chi connectivity index (χ3n) is 3.97. The lowest BCUT2D eigenvalue weighted by molar-refractivity contribution is -0.126. The number of nitrogens with zero attached hydrogens (tertiary/aromatic N) is 3. The van der Waals surface area contributed by atoms with Crippen LogP contribution < -0.4 is 0 Å². The fourth-order valence-electron chi connectivity index (χ4n) is 2.63. The molecule has 0 N–H and O–H groups in total. The molecule has 1 amide bonds. The molecule has 0 aliphatic carbocycles. The largest absolute Gasteiger partial charge is 0.284 e. The van der Waals surface area contributed by atoms with E-state index >= 15 is 0 Å². The molecular formula is C20H20FN3OS. The zero-order valence-electron chi connectivity index (χ0n) is 14.5. The first-order valence-electron chi connectivity index (χ1n) is 8.56. The molecule has 0 aromatic heterocycles. The fraction of sp³-hybridized carbons (Fsp3) is 0.250. The van der Waals surface area contributed by atoms with Gasteiger partial charge in [-0.25, -0.2) is 4.39 Å². The standard InChI is InChI=1S/C20H20FN3OS/c1-2-6-18-19(25)24(14-16-9-11-17(21)12-10-16)20(26-18)23-22-13-15-7-4-3-5-8-15/h3-5,7-13,18H,2,6,14H2,1H3. The van der Waals surface area contributed by atoms with Crippen LogP contribution in [0.1, 0.15) is 30.9 Å². The maximum Gasteiger partial charge on any atom is 0.242 e. The van der Waals surface area contributed by atoms with E-state index in [2.05, 4.69) is 17.1 Å². The molecule has 2 aromatic carbocycles. The zero-order chi connectivity index (χ0) is 18.4. The summed E-state index contributed by atoms with van der Waals surface area (Å²) in [6.45, 7) is 2.42. The second-order valence-corrected chi connectivity index (χ2v) is 7.15. The number of amides is 1. The predicted octanol–water partition coefficient (Wildman–Crippen LogP) is 4.46. The highest BCUT2D eigenvalue weighted by Crippen LogP contribution is 2.31. The van der Waals surface area contributed by atoms with Crippen molar-refractivity contribution in [3.63, 3.8) is 0 Å². The molecule has 26 heavy (non-hydrogen) atoms. The molecule has 1 heterocycles. The van der Waals surface area contributed by atoms with Crippen molar-refractivity contribution in [3.8, 4) is 0 Å². The van der Waals surface area contributed by atoms with E-state index in [0.717, 1.165) is 24.0 Å². The van der Waals surface area contributed by atoms with E-state index in [1.54, 1.807) is 23.2 Å². The van der Waals surface area contributed by atoms with Crippen LogP contribution in [0.15, 0.2) is 64.8 Å². The van der Waals surface area contributed by atoms with Crippen LogP contribution in [0.3, 0.4) is 0 Å². The lowest BCUT2D eigenvalue weighted by Crippen LogP contribution is -2.31. The Labute approximate surface area is 156 Å². The minimum atomic E-state index is -0.291. The molecule has 0 bridgehead atoms. The van der Waals surface area contributed by atoms with E-state index in [4.69, 9.17) is 0 Å². The van der Waals surface area contributed by atoms with Crippen LogP contribution in [-0.4, -0.2) is 27.4 Å². The van der Waals surface area contributed by atoms with Crippen molar-refractivity contribution in [2.75, 3.05) is 0 Å². The van der Waals surface area contributed by atoms with Crippen LogP contribution in [0.4, 0.5) is 4.39 Å². The Balaban J connectivity index is 1.79. The van der Waals surface area contributed by atoms with Crippen molar-refractivity contribution in [3.05, 3.63) is 71.5 Å². The molecule has 3 rings (SSSR count). The number of rotatable bonds is 6. The Bertz CT molecular complexity index is 806. The van der Waals surface area contributed by atoms with Crippen molar-refractivity contribution in [2.24, 2.45) is 10.2 Å². The van der Waals surface area contributed by atoms with Crippen LogP contribution in [0.5, 0.6) is 0 Å². The first-order chi connectivity index (χ1) is 12.7. The van der Waals surface area contributed by atoms with Crippen LogP contribution in [0, 0.1) is 5.82 Å². The van der Waals surface area contributed by atoms with Gasteiger partial charge in [0.1, 0.15) is 5.82 Å². The summed E-state index contributed by atoms with van der Waals surface area (Å²) >= 11 is 1.45. The molecule has 1 atom stereocenters. The van der Waals surface area contributed by atoms with E-state index in [1.165, 1.54) is 23.9 Å². The van der Waals surface area contributed by atoms with Gasteiger partial charge in [-0.15, -0.1) is 5.10 Å². The third kappa shape index (κ3) is 4.58. The van der Waals surface area contributed by atoms with Crippen molar-refractivity contribution in [1.29, 1.82) is 0 Å². The van der Waals surface area contributed by atoms with Gasteiger partial charge in [-0.3, -0.25) is 9.69 Å². The number of carbonyl (C=O) groups is 1. The summed E-state index contributed by atoms with van der Waals surface area (Å²) in [4.78, 5) is 14.3. The Kier molecular flexibility index (Phi) is 6.17. The van der Waals surface area contributed by atoms with Crippen LogP contribution >= 0.6 is 11.8 Å². The van der Waals surface area contributed by atoms with Gasteiger partial charge in [-0.1, -0.05) is 67.6 Å². The summed E-state index contributed by atoms with van der Waals surface area (Å²) < 4.78 is 13.1. The molecule has 134 valence electrons. The fourth-order valence-corrected chi connectivity index (χ4v) is 3.85. The summed E-state index contributed by atoms with van der Waals surface area (Å²) in [5.41, 5.74) is 1.80. The normalized spacial score (nSPS) is 19.0. The molecule has 1 fully saturated rings. The summed E-state index contributed by atoms with van der Waals surface area (Å²) in [5, 5.41) is 8.88. The number of thioether (sulfide) groups is 1. The van der Waals surface area contributed by atoms with Gasteiger partial charge in [0, 0.05) is 0 Å². The molecule has 0 radical (unpaired) electrons. The number of hydrogen-bond acceptors (Lipinski definition) is 4. The lowest BCUT2D eigenvalue weighted by Gasteiger charge is -2.15. The molecule has 1 aliphatic rings. The molecule has 1 saturated heterocycles. The molecule has 1 aliphatic heterocycles. The third-order valence-corrected chi connectivity index (χ3v) is 5.21. The summed E-state index contributed by atoms with van der Waals surface area (Å²) in [5.74, 6) is -0.254. The first kappa shape index (κ1) is 18.3. The molecular weight excluding hydrogens is 349 g/mol. The second-order valence-electron chi connectivity index (χ2n) is 5.98. The smallest absolute Gasteiger partial charge is 0.242 e. The van der Waals surface area contributed by atoms with Gasteiger partial charge in [0.25, 0.3) is 0 Å². The monoisotopic (exact) mass is 369 g/mol. The number of hydrogen-bond donors (Lipinski definition) is 0. The average molecular weight is 369 g/mol. The molecule has 4 nitrogen and oxygen atoms in total. The number of halogens is 1. The highest BCUT2D eigenvalue weighted by atomic mass is 32.2. The summed E-state index contributed by atoms with van der Waals surface area (Å²) in [6.07, 6.45) is 3.39. The van der Waals surface area contributed by atoms with Crippen molar-refractivity contribution in [2.45, 2.75) is 31.6 Å². The minimum Gasteiger partial charge on any atom is -0.284 e. The van der Waals surface area contributed by atoms with Gasteiger partial charge in [-0.05, 0) is 29.7 Å². The predicted molar refractivity (Wildman–Crippen MR) is 105 cm³/mol. The van der Waals surface area contributed by atoms with Crippen LogP contribution in [0.2, 0.25) is 0 Å². The van der Waals surface area contributed by atoms with Crippen molar-refractivity contribution in [1.82, 2.24) is 4.90 Å². The average Bonchev–Trinajstić information content (AvgIpc) is 2.94. The van der Waals surface area contributed by atoms with Crippen LogP contribution in [0.25, 0.3) is 0 Å². The Morgan fingerprint density at radius 3 is 2.58 bits per heavy atom. The lowest BCUT2D eigenvalue weighted by atomic mass is 10.2. The molecule has 0 saturated carbocycles. The van der Waals surface area contributed by atoms with Crippen molar-refractivity contribution >= 4 is 29.1 Å². The number of amidine groups is 1. The number of benzene rings is 2. The topological polar surface area (TPSA) is 45.0 Å². The Morgan fingerprint density at radius 1 is 1.15 bits per heavy atom. The van der Waals surface area contributed by atoms with E-state index in [1.807, 2.05) is 30.3 Å². The highest BCUT2D eigenvalue weighted by Gasteiger charge is 2.37. The van der Waals surface area contributed by atoms with Gasteiger partial charge in [-0.2, -0.15) is 5.10 Å². The zero-order valence-corrected chi connectivity index (χ0v) is 15.3. The quantitative estimate of drug-likeness (QED) is 0.557. The highest BCUT2D eigenvalue weighted by molar-refractivity contribution is 8.15. The molecule has 6 heteroatoms. The Hall–Kier alpha value is -2.47. The van der Waals surface area contributed by atoms with Gasteiger partial charge in [0.15, 0.2) is 5.17 Å².